The summed E-state index contributed by atoms with van der Waals surface area (Å²) in [6, 6.07) is 0. The molecule has 0 bridgehead atoms. The highest BCUT2D eigenvalue weighted by Gasteiger charge is 2.19. The largest absolute Gasteiger partial charge is 0.462 e. The molecule has 1 unspecified atom stereocenters. The molecule has 0 radical (unpaired) electrons. The Hall–Kier alpha value is -4.71. The number of hydrogen-bond donors (Lipinski definition) is 0. The minimum atomic E-state index is -0.845. The molecule has 0 aliphatic carbocycles. The summed E-state index contributed by atoms with van der Waals surface area (Å²) < 4.78 is 16.7. The van der Waals surface area contributed by atoms with Crippen molar-refractivity contribution in [2.75, 3.05) is 13.2 Å². The predicted molar refractivity (Wildman–Crippen MR) is 283 cm³/mol. The van der Waals surface area contributed by atoms with Crippen LogP contribution in [-0.2, 0) is 28.6 Å². The van der Waals surface area contributed by atoms with Gasteiger partial charge >= 0.3 is 17.9 Å². The number of unbranched alkanes of at least 4 members (excludes halogenated alkanes) is 13. The molecular weight excluding hydrogens is 817 g/mol. The molecule has 0 amide bonds. The summed E-state index contributed by atoms with van der Waals surface area (Å²) in [5, 5.41) is 0. The lowest BCUT2D eigenvalue weighted by atomic mass is 10.1. The quantitative estimate of drug-likeness (QED) is 0.0199. The van der Waals surface area contributed by atoms with Gasteiger partial charge in [0.25, 0.3) is 0 Å². The van der Waals surface area contributed by atoms with Gasteiger partial charge in [-0.1, -0.05) is 218 Å². The molecule has 0 aliphatic rings. The highest BCUT2D eigenvalue weighted by Crippen LogP contribution is 2.12. The van der Waals surface area contributed by atoms with Crippen LogP contribution < -0.4 is 0 Å². The number of esters is 3. The van der Waals surface area contributed by atoms with Crippen LogP contribution in [0.1, 0.15) is 194 Å². The van der Waals surface area contributed by atoms with Crippen molar-refractivity contribution in [2.45, 2.75) is 200 Å². The molecule has 6 heteroatoms. The zero-order chi connectivity index (χ0) is 47.9. The molecule has 0 N–H and O–H groups in total. The van der Waals surface area contributed by atoms with Gasteiger partial charge in [-0.2, -0.15) is 0 Å². The molecule has 368 valence electrons. The first-order valence-electron chi connectivity index (χ1n) is 25.9. The molecule has 0 aromatic carbocycles. The normalized spacial score (nSPS) is 13.3. The summed E-state index contributed by atoms with van der Waals surface area (Å²) >= 11 is 0. The van der Waals surface area contributed by atoms with E-state index in [0.29, 0.717) is 19.3 Å². The van der Waals surface area contributed by atoms with Crippen LogP contribution in [0, 0.1) is 0 Å². The number of ether oxygens (including phenoxy) is 3. The van der Waals surface area contributed by atoms with Crippen molar-refractivity contribution < 1.29 is 28.6 Å². The van der Waals surface area contributed by atoms with Gasteiger partial charge in [0, 0.05) is 19.3 Å². The van der Waals surface area contributed by atoms with E-state index in [4.69, 9.17) is 14.2 Å². The van der Waals surface area contributed by atoms with Crippen molar-refractivity contribution in [3.05, 3.63) is 146 Å². The highest BCUT2D eigenvalue weighted by atomic mass is 16.6. The van der Waals surface area contributed by atoms with Gasteiger partial charge in [-0.25, -0.2) is 0 Å². The highest BCUT2D eigenvalue weighted by molar-refractivity contribution is 5.71. The zero-order valence-electron chi connectivity index (χ0n) is 41.9. The van der Waals surface area contributed by atoms with Crippen LogP contribution >= 0.6 is 0 Å². The number of allylic oxidation sites excluding steroid dienone is 24. The fourth-order valence-corrected chi connectivity index (χ4v) is 6.36. The Morgan fingerprint density at radius 2 is 0.697 bits per heavy atom. The van der Waals surface area contributed by atoms with Gasteiger partial charge in [0.2, 0.25) is 0 Å². The summed E-state index contributed by atoms with van der Waals surface area (Å²) in [6.07, 6.45) is 75.5. The lowest BCUT2D eigenvalue weighted by Crippen LogP contribution is -2.30. The first kappa shape index (κ1) is 61.3. The van der Waals surface area contributed by atoms with E-state index < -0.39 is 12.1 Å². The number of rotatable bonds is 44. The lowest BCUT2D eigenvalue weighted by Gasteiger charge is -2.18. The molecule has 0 saturated carbocycles. The monoisotopic (exact) mass is 909 g/mol. The van der Waals surface area contributed by atoms with Crippen LogP contribution in [0.15, 0.2) is 146 Å². The molecular formula is C60H92O6. The third-order valence-corrected chi connectivity index (χ3v) is 10.2. The molecule has 0 saturated heterocycles. The minimum absolute atomic E-state index is 0.132. The smallest absolute Gasteiger partial charge is 0.306 e. The van der Waals surface area contributed by atoms with Crippen molar-refractivity contribution in [1.82, 2.24) is 0 Å². The van der Waals surface area contributed by atoms with Crippen molar-refractivity contribution in [1.29, 1.82) is 0 Å². The van der Waals surface area contributed by atoms with Crippen molar-refractivity contribution in [3.63, 3.8) is 0 Å². The van der Waals surface area contributed by atoms with Crippen LogP contribution in [0.25, 0.3) is 0 Å². The molecule has 0 heterocycles. The van der Waals surface area contributed by atoms with Gasteiger partial charge in [0.05, 0.1) is 0 Å². The Bertz CT molecular complexity index is 1510. The van der Waals surface area contributed by atoms with Gasteiger partial charge in [-0.05, 0) is 103 Å². The molecule has 0 spiro atoms. The second kappa shape index (κ2) is 52.9. The fraction of sp³-hybridized carbons (Fsp3) is 0.550. The van der Waals surface area contributed by atoms with Gasteiger partial charge in [-0.3, -0.25) is 14.4 Å². The number of hydrogen-bond acceptors (Lipinski definition) is 6. The van der Waals surface area contributed by atoms with Crippen LogP contribution in [0.4, 0.5) is 0 Å². The van der Waals surface area contributed by atoms with Crippen LogP contribution in [0.5, 0.6) is 0 Å². The van der Waals surface area contributed by atoms with Crippen LogP contribution in [0.2, 0.25) is 0 Å². The van der Waals surface area contributed by atoms with E-state index in [1.54, 1.807) is 0 Å². The van der Waals surface area contributed by atoms with Crippen molar-refractivity contribution in [2.24, 2.45) is 0 Å². The zero-order valence-corrected chi connectivity index (χ0v) is 41.9. The van der Waals surface area contributed by atoms with Gasteiger partial charge in [-0.15, -0.1) is 0 Å². The maximum absolute atomic E-state index is 12.8. The van der Waals surface area contributed by atoms with E-state index in [2.05, 4.69) is 106 Å². The van der Waals surface area contributed by atoms with Crippen LogP contribution in [0.3, 0.4) is 0 Å². The SMILES string of the molecule is CC\C=C/C=C\C=C/C=C\C=C/CCCCCC(=O)OCC(COC(=O)CCCCCCCCC/C=C\C/C=C\CCCCC)OC(=O)CC/C=C\C/C=C\C/C=C\C/C=C\C/C=C\CC. The first-order valence-corrected chi connectivity index (χ1v) is 25.9. The summed E-state index contributed by atoms with van der Waals surface area (Å²) in [6.45, 7) is 6.22. The van der Waals surface area contributed by atoms with E-state index >= 15 is 0 Å². The molecule has 0 aliphatic heterocycles. The Labute approximate surface area is 404 Å². The fourth-order valence-electron chi connectivity index (χ4n) is 6.36. The minimum Gasteiger partial charge on any atom is -0.462 e. The molecule has 0 rings (SSSR count). The topological polar surface area (TPSA) is 78.9 Å². The van der Waals surface area contributed by atoms with E-state index in [0.717, 1.165) is 89.9 Å². The third-order valence-electron chi connectivity index (χ3n) is 10.2. The second-order valence-electron chi connectivity index (χ2n) is 16.4. The Kier molecular flexibility index (Phi) is 49.1. The standard InChI is InChI=1S/C60H92O6/c1-4-7-10-13-16-19-22-25-28-30-33-35-38-41-44-47-50-53-59(62)65-56-57(55-64-58(61)52-49-46-43-40-37-34-31-27-24-21-18-15-12-9-6-3)66-60(63)54-51-48-45-42-39-36-32-29-26-23-20-17-14-11-8-5-2/h8-9,11-12,15-21,24-29,31,34,36-37,39,45,48,57H,4-7,10,13-14,22-23,30,32-33,35,38,40-44,46-47,49-56H2,1-3H3/b11-8-,12-9-,18-15-,19-16-,20-17-,24-21-,28-25-,29-26-,31-27-,37-34-,39-36-,48-45-. The number of carbonyl (C=O) groups excluding carboxylic acids is 3. The molecule has 66 heavy (non-hydrogen) atoms. The molecule has 6 nitrogen and oxygen atoms in total. The Morgan fingerprint density at radius 3 is 1.18 bits per heavy atom. The maximum Gasteiger partial charge on any atom is 0.306 e. The average Bonchev–Trinajstić information content (AvgIpc) is 3.31. The van der Waals surface area contributed by atoms with E-state index in [1.165, 1.54) is 51.4 Å². The summed E-state index contributed by atoms with van der Waals surface area (Å²) in [5.74, 6) is -1.08. The number of carbonyl (C=O) groups is 3. The molecule has 1 atom stereocenters. The predicted octanol–water partition coefficient (Wildman–Crippen LogP) is 17.3. The van der Waals surface area contributed by atoms with E-state index in [9.17, 15) is 14.4 Å². The summed E-state index contributed by atoms with van der Waals surface area (Å²) in [7, 11) is 0. The van der Waals surface area contributed by atoms with Gasteiger partial charge in [0.15, 0.2) is 6.10 Å². The van der Waals surface area contributed by atoms with E-state index in [-0.39, 0.29) is 38.0 Å². The van der Waals surface area contributed by atoms with Crippen molar-refractivity contribution in [3.8, 4) is 0 Å². The molecule has 0 fully saturated rings. The Balaban J connectivity index is 4.61. The average molecular weight is 909 g/mol. The first-order chi connectivity index (χ1) is 32.5. The lowest BCUT2D eigenvalue weighted by molar-refractivity contribution is -0.166. The second-order valence-corrected chi connectivity index (χ2v) is 16.4. The van der Waals surface area contributed by atoms with Gasteiger partial charge < -0.3 is 14.2 Å². The van der Waals surface area contributed by atoms with Crippen LogP contribution in [-0.4, -0.2) is 37.2 Å². The Morgan fingerprint density at radius 1 is 0.333 bits per heavy atom. The molecule has 0 aromatic heterocycles. The molecule has 0 aromatic rings. The summed E-state index contributed by atoms with van der Waals surface area (Å²) in [4.78, 5) is 38.0. The van der Waals surface area contributed by atoms with E-state index in [1.807, 2.05) is 60.8 Å². The van der Waals surface area contributed by atoms with Crippen molar-refractivity contribution >= 4 is 17.9 Å². The summed E-state index contributed by atoms with van der Waals surface area (Å²) in [5.41, 5.74) is 0. The van der Waals surface area contributed by atoms with Gasteiger partial charge in [0.1, 0.15) is 13.2 Å². The maximum atomic E-state index is 12.8. The third kappa shape index (κ3) is 50.3.